The molecule has 0 saturated heterocycles. The van der Waals surface area contributed by atoms with Gasteiger partial charge < -0.3 is 10.1 Å². The highest BCUT2D eigenvalue weighted by Crippen LogP contribution is 2.21. The van der Waals surface area contributed by atoms with Crippen LogP contribution < -0.4 is 10.1 Å². The topological polar surface area (TPSA) is 47.0 Å². The molecular formula is C16H18ClN3O. The Morgan fingerprint density at radius 1 is 1.33 bits per heavy atom. The summed E-state index contributed by atoms with van der Waals surface area (Å²) in [6.45, 7) is 2.63. The van der Waals surface area contributed by atoms with Gasteiger partial charge in [0.05, 0.1) is 6.20 Å². The maximum Gasteiger partial charge on any atom is 0.138 e. The molecular weight excluding hydrogens is 286 g/mol. The highest BCUT2D eigenvalue weighted by atomic mass is 35.5. The van der Waals surface area contributed by atoms with Crippen molar-refractivity contribution < 1.29 is 4.74 Å². The third kappa shape index (κ3) is 4.85. The molecule has 21 heavy (non-hydrogen) atoms. The molecule has 0 aliphatic rings. The van der Waals surface area contributed by atoms with E-state index in [0.29, 0.717) is 17.5 Å². The molecule has 110 valence electrons. The minimum absolute atomic E-state index is 0.275. The molecule has 0 spiro atoms. The predicted molar refractivity (Wildman–Crippen MR) is 86.4 cm³/mol. The van der Waals surface area contributed by atoms with Crippen LogP contribution >= 0.6 is 11.6 Å². The lowest BCUT2D eigenvalue weighted by atomic mass is 10.2. The van der Waals surface area contributed by atoms with Crippen LogP contribution in [0.25, 0.3) is 12.2 Å². The van der Waals surface area contributed by atoms with Gasteiger partial charge in [-0.2, -0.15) is 0 Å². The number of pyridine rings is 2. The first kappa shape index (κ1) is 15.5. The summed E-state index contributed by atoms with van der Waals surface area (Å²) in [4.78, 5) is 8.13. The zero-order valence-electron chi connectivity index (χ0n) is 12.1. The number of nitrogens with zero attached hydrogens (tertiary/aromatic N) is 2. The highest BCUT2D eigenvalue weighted by Gasteiger charge is 2.04. The first-order valence-corrected chi connectivity index (χ1v) is 7.10. The molecule has 4 nitrogen and oxygen atoms in total. The van der Waals surface area contributed by atoms with Crippen LogP contribution in [0.4, 0.5) is 0 Å². The Labute approximate surface area is 129 Å². The van der Waals surface area contributed by atoms with Gasteiger partial charge in [-0.05, 0) is 37.7 Å². The SMILES string of the molecule is CN[C@H](C)COc1cnc(Cl)c(/C=C/c2ccncc2)c1. The zero-order valence-corrected chi connectivity index (χ0v) is 12.8. The number of ether oxygens (including phenoxy) is 1. The predicted octanol–water partition coefficient (Wildman–Crippen LogP) is 3.29. The molecule has 0 fully saturated rings. The monoisotopic (exact) mass is 303 g/mol. The van der Waals surface area contributed by atoms with Crippen molar-refractivity contribution in [2.75, 3.05) is 13.7 Å². The van der Waals surface area contributed by atoms with Crippen LogP contribution in [0.5, 0.6) is 5.75 Å². The summed E-state index contributed by atoms with van der Waals surface area (Å²) >= 11 is 6.11. The second-order valence-electron chi connectivity index (χ2n) is 4.67. The van der Waals surface area contributed by atoms with Gasteiger partial charge >= 0.3 is 0 Å². The van der Waals surface area contributed by atoms with Crippen molar-refractivity contribution in [1.82, 2.24) is 15.3 Å². The first-order chi connectivity index (χ1) is 10.2. The van der Waals surface area contributed by atoms with Crippen LogP contribution in [-0.2, 0) is 0 Å². The van der Waals surface area contributed by atoms with Crippen molar-refractivity contribution in [2.24, 2.45) is 0 Å². The van der Waals surface area contributed by atoms with E-state index < -0.39 is 0 Å². The lowest BCUT2D eigenvalue weighted by molar-refractivity contribution is 0.279. The second-order valence-corrected chi connectivity index (χ2v) is 5.02. The molecule has 0 bridgehead atoms. The summed E-state index contributed by atoms with van der Waals surface area (Å²) in [7, 11) is 1.90. The molecule has 0 radical (unpaired) electrons. The van der Waals surface area contributed by atoms with E-state index in [0.717, 1.165) is 11.1 Å². The molecule has 1 atom stereocenters. The number of rotatable bonds is 6. The third-order valence-electron chi connectivity index (χ3n) is 3.00. The van der Waals surface area contributed by atoms with Crippen LogP contribution in [0.15, 0.2) is 36.8 Å². The first-order valence-electron chi connectivity index (χ1n) is 6.72. The maximum atomic E-state index is 6.11. The van der Waals surface area contributed by atoms with Gasteiger partial charge in [0.25, 0.3) is 0 Å². The Morgan fingerprint density at radius 3 is 2.81 bits per heavy atom. The van der Waals surface area contributed by atoms with Crippen molar-refractivity contribution in [1.29, 1.82) is 0 Å². The van der Waals surface area contributed by atoms with Crippen LogP contribution in [0, 0.1) is 0 Å². The number of nitrogens with one attached hydrogen (secondary N) is 1. The molecule has 2 aromatic heterocycles. The van der Waals surface area contributed by atoms with E-state index in [1.807, 2.05) is 44.3 Å². The fourth-order valence-corrected chi connectivity index (χ4v) is 1.77. The fraction of sp³-hybridized carbons (Fsp3) is 0.250. The van der Waals surface area contributed by atoms with Gasteiger partial charge in [-0.25, -0.2) is 4.98 Å². The van der Waals surface area contributed by atoms with Crippen LogP contribution in [0.3, 0.4) is 0 Å². The molecule has 0 saturated carbocycles. The minimum Gasteiger partial charge on any atom is -0.490 e. The average molecular weight is 304 g/mol. The molecule has 0 aliphatic heterocycles. The van der Waals surface area contributed by atoms with Crippen molar-refractivity contribution in [3.8, 4) is 5.75 Å². The maximum absolute atomic E-state index is 6.11. The van der Waals surface area contributed by atoms with Crippen LogP contribution in [0.2, 0.25) is 5.15 Å². The summed E-state index contributed by atoms with van der Waals surface area (Å²) < 4.78 is 5.68. The second kappa shape index (κ2) is 7.76. The normalized spacial score (nSPS) is 12.5. The summed E-state index contributed by atoms with van der Waals surface area (Å²) in [5.41, 5.74) is 1.87. The highest BCUT2D eigenvalue weighted by molar-refractivity contribution is 6.31. The molecule has 2 aromatic rings. The Morgan fingerprint density at radius 2 is 2.10 bits per heavy atom. The molecule has 0 aliphatic carbocycles. The van der Waals surface area contributed by atoms with Crippen molar-refractivity contribution >= 4 is 23.8 Å². The summed E-state index contributed by atoms with van der Waals surface area (Å²) in [5.74, 6) is 0.705. The Hall–Kier alpha value is -1.91. The van der Waals surface area contributed by atoms with Crippen LogP contribution in [-0.4, -0.2) is 29.7 Å². The number of halogens is 1. The van der Waals surface area contributed by atoms with E-state index in [1.54, 1.807) is 18.6 Å². The summed E-state index contributed by atoms with van der Waals surface area (Å²) in [6.07, 6.45) is 9.01. The van der Waals surface area contributed by atoms with Crippen molar-refractivity contribution in [2.45, 2.75) is 13.0 Å². The lowest BCUT2D eigenvalue weighted by Gasteiger charge is -2.12. The van der Waals surface area contributed by atoms with Gasteiger partial charge in [0, 0.05) is 24.0 Å². The van der Waals surface area contributed by atoms with E-state index in [1.165, 1.54) is 0 Å². The van der Waals surface area contributed by atoms with Gasteiger partial charge in [0.15, 0.2) is 0 Å². The van der Waals surface area contributed by atoms with E-state index in [9.17, 15) is 0 Å². The van der Waals surface area contributed by atoms with Gasteiger partial charge in [-0.3, -0.25) is 4.98 Å². The van der Waals surface area contributed by atoms with Crippen LogP contribution in [0.1, 0.15) is 18.1 Å². The number of hydrogen-bond acceptors (Lipinski definition) is 4. The molecule has 1 N–H and O–H groups in total. The van der Waals surface area contributed by atoms with E-state index >= 15 is 0 Å². The Kier molecular flexibility index (Phi) is 5.72. The molecule has 2 heterocycles. The standard InChI is InChI=1S/C16H18ClN3O/c1-12(18-2)11-21-15-9-14(16(17)20-10-15)4-3-13-5-7-19-8-6-13/h3-10,12,18H,11H2,1-2H3/b4-3+/t12-/m1/s1. The van der Waals surface area contributed by atoms with Gasteiger partial charge in [0.2, 0.25) is 0 Å². The molecule has 5 heteroatoms. The fourth-order valence-electron chi connectivity index (χ4n) is 1.61. The lowest BCUT2D eigenvalue weighted by Crippen LogP contribution is -2.28. The zero-order chi connectivity index (χ0) is 15.1. The Balaban J connectivity index is 2.10. The van der Waals surface area contributed by atoms with Crippen molar-refractivity contribution in [3.05, 3.63) is 53.1 Å². The number of likely N-dealkylation sites (N-methyl/N-ethyl adjacent to an activating group) is 1. The molecule has 0 aromatic carbocycles. The third-order valence-corrected chi connectivity index (χ3v) is 3.31. The van der Waals surface area contributed by atoms with Crippen molar-refractivity contribution in [3.63, 3.8) is 0 Å². The molecule has 2 rings (SSSR count). The largest absolute Gasteiger partial charge is 0.490 e. The number of hydrogen-bond donors (Lipinski definition) is 1. The van der Waals surface area contributed by atoms with Gasteiger partial charge in [-0.1, -0.05) is 23.8 Å². The molecule has 0 unspecified atom stereocenters. The minimum atomic E-state index is 0.275. The molecule has 0 amide bonds. The smallest absolute Gasteiger partial charge is 0.138 e. The van der Waals surface area contributed by atoms with Gasteiger partial charge in [-0.15, -0.1) is 0 Å². The van der Waals surface area contributed by atoms with E-state index in [-0.39, 0.29) is 6.04 Å². The van der Waals surface area contributed by atoms with E-state index in [4.69, 9.17) is 16.3 Å². The summed E-state index contributed by atoms with van der Waals surface area (Å²) in [6, 6.07) is 6.01. The summed E-state index contributed by atoms with van der Waals surface area (Å²) in [5, 5.41) is 3.57. The average Bonchev–Trinajstić information content (AvgIpc) is 2.53. The van der Waals surface area contributed by atoms with Gasteiger partial charge in [0.1, 0.15) is 17.5 Å². The number of aromatic nitrogens is 2. The quantitative estimate of drug-likeness (QED) is 0.832. The van der Waals surface area contributed by atoms with E-state index in [2.05, 4.69) is 15.3 Å². The Bertz CT molecular complexity index is 602.